The minimum absolute atomic E-state index is 0.0266. The molecule has 0 aromatic heterocycles. The molecule has 2 saturated heterocycles. The number of amides is 4. The Hall–Kier alpha value is -5.50. The minimum Gasteiger partial charge on any atom is -0.330 e. The third kappa shape index (κ3) is 8.25. The molecular weight excluding hydrogens is 600 g/mol. The minimum atomic E-state index is -0.465. The van der Waals surface area contributed by atoms with Crippen molar-refractivity contribution in [3.8, 4) is 0 Å². The maximum absolute atomic E-state index is 13.1. The van der Waals surface area contributed by atoms with Gasteiger partial charge in [0.25, 0.3) is 0 Å². The molecule has 4 aromatic rings. The lowest BCUT2D eigenvalue weighted by Crippen LogP contribution is -2.43. The van der Waals surface area contributed by atoms with Crippen molar-refractivity contribution in [3.63, 3.8) is 0 Å². The zero-order valence-corrected chi connectivity index (χ0v) is 26.9. The van der Waals surface area contributed by atoms with Gasteiger partial charge in [-0.25, -0.2) is 0 Å². The highest BCUT2D eigenvalue weighted by atomic mass is 16.2. The van der Waals surface area contributed by atoms with Crippen molar-refractivity contribution in [2.24, 2.45) is 0 Å². The van der Waals surface area contributed by atoms with E-state index in [2.05, 4.69) is 10.6 Å². The van der Waals surface area contributed by atoms with Crippen molar-refractivity contribution in [1.82, 2.24) is 9.80 Å². The maximum atomic E-state index is 13.1. The third-order valence-corrected chi connectivity index (χ3v) is 8.97. The summed E-state index contributed by atoms with van der Waals surface area (Å²) < 4.78 is 0. The summed E-state index contributed by atoms with van der Waals surface area (Å²) in [5.74, 6) is -0.380. The van der Waals surface area contributed by atoms with Gasteiger partial charge in [-0.2, -0.15) is 0 Å². The number of anilines is 2. The van der Waals surface area contributed by atoms with Crippen LogP contribution in [0.3, 0.4) is 0 Å². The molecule has 8 heteroatoms. The highest BCUT2D eigenvalue weighted by Crippen LogP contribution is 2.23. The molecule has 0 bridgehead atoms. The van der Waals surface area contributed by atoms with Crippen LogP contribution in [0.4, 0.5) is 11.4 Å². The summed E-state index contributed by atoms with van der Waals surface area (Å²) in [4.78, 5) is 55.5. The Morgan fingerprint density at radius 2 is 0.917 bits per heavy atom. The SMILES string of the molecule is O=C(Nc1ccc(C=Cc2ccc(NC(=O)[C@@H]3CCCN3C(=O)Cc3ccccc3)cc2)cc1)[C@@H]1CCCN1C(=O)Cc1ccccc1. The summed E-state index contributed by atoms with van der Waals surface area (Å²) in [6, 6.07) is 33.4. The van der Waals surface area contributed by atoms with Gasteiger partial charge in [-0.15, -0.1) is 0 Å². The number of likely N-dealkylation sites (tertiary alicyclic amines) is 2. The summed E-state index contributed by atoms with van der Waals surface area (Å²) in [6.07, 6.45) is 7.48. The first-order valence-electron chi connectivity index (χ1n) is 16.6. The fraction of sp³-hybridized carbons (Fsp3) is 0.250. The van der Waals surface area contributed by atoms with Gasteiger partial charge in [-0.1, -0.05) is 97.1 Å². The average Bonchev–Trinajstić information content (AvgIpc) is 3.81. The quantitative estimate of drug-likeness (QED) is 0.202. The summed E-state index contributed by atoms with van der Waals surface area (Å²) in [7, 11) is 0. The van der Waals surface area contributed by atoms with Crippen molar-refractivity contribution in [2.75, 3.05) is 23.7 Å². The zero-order chi connectivity index (χ0) is 33.3. The van der Waals surface area contributed by atoms with Gasteiger partial charge >= 0.3 is 0 Å². The van der Waals surface area contributed by atoms with Gasteiger partial charge in [0, 0.05) is 24.5 Å². The number of carbonyl (C=O) groups is 4. The fourth-order valence-corrected chi connectivity index (χ4v) is 6.42. The van der Waals surface area contributed by atoms with E-state index < -0.39 is 12.1 Å². The van der Waals surface area contributed by atoms with E-state index in [0.29, 0.717) is 50.1 Å². The smallest absolute Gasteiger partial charge is 0.247 e. The van der Waals surface area contributed by atoms with Gasteiger partial charge in [-0.05, 0) is 72.2 Å². The summed E-state index contributed by atoms with van der Waals surface area (Å²) >= 11 is 0. The summed E-state index contributed by atoms with van der Waals surface area (Å²) in [6.45, 7) is 1.19. The monoisotopic (exact) mass is 640 g/mol. The third-order valence-electron chi connectivity index (χ3n) is 8.97. The van der Waals surface area contributed by atoms with Gasteiger partial charge in [0.2, 0.25) is 23.6 Å². The molecule has 4 amide bonds. The van der Waals surface area contributed by atoms with Crippen molar-refractivity contribution in [1.29, 1.82) is 0 Å². The topological polar surface area (TPSA) is 98.8 Å². The van der Waals surface area contributed by atoms with E-state index in [0.717, 1.165) is 35.1 Å². The second kappa shape index (κ2) is 15.4. The molecule has 8 nitrogen and oxygen atoms in total. The zero-order valence-electron chi connectivity index (χ0n) is 26.9. The lowest BCUT2D eigenvalue weighted by Gasteiger charge is -2.24. The number of rotatable bonds is 10. The van der Waals surface area contributed by atoms with E-state index in [4.69, 9.17) is 0 Å². The molecule has 0 aliphatic carbocycles. The number of benzene rings is 4. The van der Waals surface area contributed by atoms with Gasteiger partial charge < -0.3 is 20.4 Å². The molecule has 2 atom stereocenters. The van der Waals surface area contributed by atoms with Crippen LogP contribution in [0.1, 0.15) is 47.9 Å². The van der Waals surface area contributed by atoms with Crippen LogP contribution in [0.25, 0.3) is 12.2 Å². The molecule has 2 aliphatic rings. The van der Waals surface area contributed by atoms with Crippen LogP contribution in [-0.2, 0) is 32.0 Å². The Labute approximate surface area is 281 Å². The van der Waals surface area contributed by atoms with Gasteiger partial charge in [0.1, 0.15) is 12.1 Å². The summed E-state index contributed by atoms with van der Waals surface area (Å²) in [5, 5.41) is 5.96. The molecule has 48 heavy (non-hydrogen) atoms. The van der Waals surface area contributed by atoms with E-state index in [1.807, 2.05) is 121 Å². The Bertz CT molecular complexity index is 1620. The molecule has 0 saturated carbocycles. The van der Waals surface area contributed by atoms with Crippen molar-refractivity contribution >= 4 is 47.2 Å². The van der Waals surface area contributed by atoms with Crippen molar-refractivity contribution < 1.29 is 19.2 Å². The number of carbonyl (C=O) groups excluding carboxylic acids is 4. The van der Waals surface area contributed by atoms with Crippen LogP contribution < -0.4 is 10.6 Å². The van der Waals surface area contributed by atoms with E-state index in [1.165, 1.54) is 0 Å². The van der Waals surface area contributed by atoms with E-state index in [-0.39, 0.29) is 23.6 Å². The second-order valence-electron chi connectivity index (χ2n) is 12.4. The maximum Gasteiger partial charge on any atom is 0.247 e. The van der Waals surface area contributed by atoms with Crippen LogP contribution >= 0.6 is 0 Å². The number of nitrogens with zero attached hydrogens (tertiary/aromatic N) is 2. The van der Waals surface area contributed by atoms with Crippen LogP contribution in [0.2, 0.25) is 0 Å². The predicted octanol–water partition coefficient (Wildman–Crippen LogP) is 6.20. The predicted molar refractivity (Wildman–Crippen MR) is 189 cm³/mol. The first kappa shape index (κ1) is 32.4. The standard InChI is InChI=1S/C40H40N4O4/c45-37(27-31-9-3-1-4-10-31)43-25-7-13-35(43)39(47)41-33-21-17-29(18-22-33)15-16-30-19-23-34(24-20-30)42-40(48)36-14-8-26-44(36)38(46)28-32-11-5-2-6-12-32/h1-6,9-12,15-24,35-36H,7-8,13-14,25-28H2,(H,41,47)(H,42,48)/t35-,36-/m0/s1. The molecule has 2 N–H and O–H groups in total. The fourth-order valence-electron chi connectivity index (χ4n) is 6.42. The highest BCUT2D eigenvalue weighted by Gasteiger charge is 2.35. The lowest BCUT2D eigenvalue weighted by molar-refractivity contribution is -0.136. The number of nitrogens with one attached hydrogen (secondary N) is 2. The number of hydrogen-bond donors (Lipinski definition) is 2. The molecule has 244 valence electrons. The second-order valence-corrected chi connectivity index (χ2v) is 12.4. The molecule has 0 radical (unpaired) electrons. The Morgan fingerprint density at radius 1 is 0.542 bits per heavy atom. The Balaban J connectivity index is 0.985. The molecule has 2 fully saturated rings. The number of hydrogen-bond acceptors (Lipinski definition) is 4. The van der Waals surface area contributed by atoms with Crippen molar-refractivity contribution in [2.45, 2.75) is 50.6 Å². The molecule has 2 aliphatic heterocycles. The molecular formula is C40H40N4O4. The van der Waals surface area contributed by atoms with E-state index >= 15 is 0 Å². The van der Waals surface area contributed by atoms with Gasteiger partial charge in [-0.3, -0.25) is 19.2 Å². The molecule has 0 spiro atoms. The molecule has 2 heterocycles. The van der Waals surface area contributed by atoms with Crippen LogP contribution in [-0.4, -0.2) is 58.6 Å². The van der Waals surface area contributed by atoms with Crippen LogP contribution in [0.5, 0.6) is 0 Å². The normalized spacial score (nSPS) is 17.4. The average molecular weight is 641 g/mol. The lowest BCUT2D eigenvalue weighted by atomic mass is 10.1. The first-order valence-corrected chi connectivity index (χ1v) is 16.6. The van der Waals surface area contributed by atoms with Crippen LogP contribution in [0, 0.1) is 0 Å². The largest absolute Gasteiger partial charge is 0.330 e. The van der Waals surface area contributed by atoms with E-state index in [1.54, 1.807) is 9.80 Å². The van der Waals surface area contributed by atoms with Gasteiger partial charge in [0.05, 0.1) is 12.8 Å². The molecule has 6 rings (SSSR count). The highest BCUT2D eigenvalue weighted by molar-refractivity contribution is 5.98. The van der Waals surface area contributed by atoms with Crippen molar-refractivity contribution in [3.05, 3.63) is 131 Å². The van der Waals surface area contributed by atoms with Gasteiger partial charge in [0.15, 0.2) is 0 Å². The molecule has 4 aromatic carbocycles. The summed E-state index contributed by atoms with van der Waals surface area (Å²) in [5.41, 5.74) is 5.18. The first-order chi connectivity index (χ1) is 23.4. The van der Waals surface area contributed by atoms with E-state index in [9.17, 15) is 19.2 Å². The Kier molecular flexibility index (Phi) is 10.4. The molecule has 0 unspecified atom stereocenters. The Morgan fingerprint density at radius 3 is 1.29 bits per heavy atom. The van der Waals surface area contributed by atoms with Crippen LogP contribution in [0.15, 0.2) is 109 Å².